The second kappa shape index (κ2) is 16.8. The van der Waals surface area contributed by atoms with Gasteiger partial charge in [0.15, 0.2) is 11.9 Å². The van der Waals surface area contributed by atoms with Crippen molar-refractivity contribution in [2.75, 3.05) is 38.4 Å². The number of amides is 1. The minimum absolute atomic E-state index is 0.160. The van der Waals surface area contributed by atoms with Crippen LogP contribution in [0.4, 0.5) is 5.69 Å². The lowest BCUT2D eigenvalue weighted by molar-refractivity contribution is -0.0625. The molecule has 6 N–H and O–H groups in total. The third kappa shape index (κ3) is 8.48. The highest BCUT2D eigenvalue weighted by molar-refractivity contribution is 8.55. The second-order valence-corrected chi connectivity index (χ2v) is 16.2. The largest absolute Gasteiger partial charge is 0.397 e. The number of carbonyl (C=O) groups is 1. The van der Waals surface area contributed by atoms with E-state index in [2.05, 4.69) is 20.3 Å². The summed E-state index contributed by atoms with van der Waals surface area (Å²) >= 11 is 0.893. The quantitative estimate of drug-likeness (QED) is 0.0804. The van der Waals surface area contributed by atoms with Gasteiger partial charge in [0.2, 0.25) is 0 Å². The van der Waals surface area contributed by atoms with E-state index in [0.717, 1.165) is 22.0 Å². The molecule has 0 radical (unpaired) electrons. The van der Waals surface area contributed by atoms with E-state index in [4.69, 9.17) is 29.0 Å². The zero-order valence-corrected chi connectivity index (χ0v) is 29.8. The van der Waals surface area contributed by atoms with Gasteiger partial charge in [0.25, 0.3) is 11.5 Å². The number of fused-ring (bicyclic) bond motifs is 1. The number of aromatic nitrogens is 5. The number of imidazole rings is 1. The van der Waals surface area contributed by atoms with Crippen molar-refractivity contribution in [3.05, 3.63) is 87.6 Å². The molecule has 2 fully saturated rings. The van der Waals surface area contributed by atoms with Crippen LogP contribution in [-0.2, 0) is 27.8 Å². The van der Waals surface area contributed by atoms with Crippen molar-refractivity contribution in [3.8, 4) is 0 Å². The lowest BCUT2D eigenvalue weighted by atomic mass is 10.1. The molecule has 0 spiro atoms. The average Bonchev–Trinajstić information content (AvgIpc) is 3.84. The number of ether oxygens (including phenoxy) is 3. The van der Waals surface area contributed by atoms with Crippen molar-refractivity contribution in [1.82, 2.24) is 29.4 Å². The number of hydrogen-bond donors (Lipinski definition) is 5. The molecule has 4 aromatic rings. The van der Waals surface area contributed by atoms with Crippen LogP contribution >= 0.6 is 18.2 Å². The predicted molar refractivity (Wildman–Crippen MR) is 188 cm³/mol. The fourth-order valence-corrected chi connectivity index (χ4v) is 9.57. The molecular formula is C32H40N7O11PS. The maximum atomic E-state index is 14.5. The van der Waals surface area contributed by atoms with E-state index in [1.165, 1.54) is 19.6 Å². The summed E-state index contributed by atoms with van der Waals surface area (Å²) in [5.74, 6) is 0.0706. The first-order valence-corrected chi connectivity index (χ1v) is 19.7. The third-order valence-electron chi connectivity index (χ3n) is 8.66. The number of methoxy groups -OCH3 is 1. The first kappa shape index (κ1) is 37.8. The molecule has 8 atom stereocenters. The Bertz CT molecular complexity index is 2000. The minimum atomic E-state index is -4.15. The number of hydrogen-bond acceptors (Lipinski definition) is 15. The van der Waals surface area contributed by atoms with Gasteiger partial charge in [-0.2, -0.15) is 0 Å². The van der Waals surface area contributed by atoms with Gasteiger partial charge in [-0.15, -0.1) is 0 Å². The smallest absolute Gasteiger partial charge is 0.389 e. The molecule has 6 rings (SSSR count). The summed E-state index contributed by atoms with van der Waals surface area (Å²) in [6.45, 7) is -4.71. The van der Waals surface area contributed by atoms with Crippen molar-refractivity contribution in [2.24, 2.45) is 0 Å². The fourth-order valence-electron chi connectivity index (χ4n) is 5.99. The van der Waals surface area contributed by atoms with Gasteiger partial charge in [-0.05, 0) is 42.4 Å². The molecule has 5 heterocycles. The van der Waals surface area contributed by atoms with E-state index in [9.17, 15) is 29.2 Å². The molecular weight excluding hydrogens is 721 g/mol. The maximum Gasteiger partial charge on any atom is 0.389 e. The van der Waals surface area contributed by atoms with E-state index in [1.807, 2.05) is 6.07 Å². The molecule has 0 saturated carbocycles. The van der Waals surface area contributed by atoms with Gasteiger partial charge in [-0.25, -0.2) is 19.3 Å². The summed E-state index contributed by atoms with van der Waals surface area (Å²) in [5, 5.41) is 24.0. The van der Waals surface area contributed by atoms with Crippen LogP contribution in [0.15, 0.2) is 70.8 Å². The Hall–Kier alpha value is -3.91. The first-order valence-electron chi connectivity index (χ1n) is 16.5. The Morgan fingerprint density at radius 3 is 2.67 bits per heavy atom. The number of unbranched alkanes of at least 4 members (excludes halogenated alkanes) is 1. The Labute approximate surface area is 300 Å². The number of benzene rings is 1. The van der Waals surface area contributed by atoms with Crippen LogP contribution < -0.4 is 22.3 Å². The predicted octanol–water partition coefficient (Wildman–Crippen LogP) is 1.57. The Morgan fingerprint density at radius 2 is 1.92 bits per heavy atom. The highest BCUT2D eigenvalue weighted by Gasteiger charge is 2.50. The number of aromatic amines is 1. The number of aliphatic hydroxyl groups excluding tert-OH is 2. The molecule has 2 saturated heterocycles. The second-order valence-electron chi connectivity index (χ2n) is 12.1. The van der Waals surface area contributed by atoms with E-state index >= 15 is 0 Å². The van der Waals surface area contributed by atoms with Gasteiger partial charge in [-0.3, -0.25) is 32.8 Å². The Balaban J connectivity index is 1.14. The molecule has 1 aromatic carbocycles. The lowest BCUT2D eigenvalue weighted by Crippen LogP contribution is -2.39. The minimum Gasteiger partial charge on any atom is -0.397 e. The van der Waals surface area contributed by atoms with Crippen molar-refractivity contribution in [2.45, 2.75) is 62.2 Å². The van der Waals surface area contributed by atoms with E-state index in [-0.39, 0.29) is 24.7 Å². The summed E-state index contributed by atoms with van der Waals surface area (Å²) in [7, 11) is 1.33. The number of nitrogens with one attached hydrogen (secondary N) is 2. The van der Waals surface area contributed by atoms with Crippen LogP contribution in [-0.4, -0.2) is 103 Å². The molecule has 280 valence electrons. The molecule has 2 unspecified atom stereocenters. The van der Waals surface area contributed by atoms with Crippen LogP contribution in [0.3, 0.4) is 0 Å². The zero-order chi connectivity index (χ0) is 36.8. The summed E-state index contributed by atoms with van der Waals surface area (Å²) in [5.41, 5.74) is 6.57. The van der Waals surface area contributed by atoms with E-state index < -0.39 is 67.6 Å². The van der Waals surface area contributed by atoms with Gasteiger partial charge in [0.1, 0.15) is 36.2 Å². The SMILES string of the molecule is COC1[C@@H](OP(=O)(OC[C@H]2O[C@@H](n3cnc4c(N)ccnc43)C[C@H]2O)SCCCCNC(=O)c2ccccc2)[C@@H](CO)O[C@H]1n1ccc(=O)[nH]c1=O. The van der Waals surface area contributed by atoms with Gasteiger partial charge in [-0.1, -0.05) is 18.2 Å². The lowest BCUT2D eigenvalue weighted by Gasteiger charge is -2.28. The van der Waals surface area contributed by atoms with Crippen molar-refractivity contribution >= 4 is 40.9 Å². The summed E-state index contributed by atoms with van der Waals surface area (Å²) in [6.07, 6.45) is -1.62. The van der Waals surface area contributed by atoms with Crippen molar-refractivity contribution in [1.29, 1.82) is 0 Å². The molecule has 2 aliphatic heterocycles. The van der Waals surface area contributed by atoms with Crippen LogP contribution in [0.5, 0.6) is 0 Å². The number of carbonyl (C=O) groups excluding carboxylic acids is 1. The Kier molecular flexibility index (Phi) is 12.2. The summed E-state index contributed by atoms with van der Waals surface area (Å²) in [6, 6.07) is 11.6. The topological polar surface area (TPSA) is 244 Å². The van der Waals surface area contributed by atoms with Gasteiger partial charge in [0.05, 0.1) is 31.3 Å². The fraction of sp³-hybridized carbons (Fsp3) is 0.469. The number of pyridine rings is 1. The standard InChI is InChI=1S/C32H40N7O11PS/c1-46-28-27(22(16-40)49-31(28)38-13-10-24(42)37-32(38)44)50-51(45,52-14-6-5-11-35-30(43)19-7-3-2-4-8-19)47-17-23-21(41)15-25(48-23)39-18-36-26-20(33)9-12-34-29(26)39/h2-4,7-10,12-13,18,21-23,25,27-28,31,40-41H,5-6,11,14-17H2,1H3,(H2,33,34)(H,35,43)(H,37,42,44)/t21-,22-,23-,25-,27+,28?,31-,51?/m1/s1. The number of aliphatic hydroxyl groups is 2. The molecule has 2 aliphatic rings. The highest BCUT2D eigenvalue weighted by atomic mass is 32.7. The normalized spacial score (nSPS) is 25.7. The van der Waals surface area contributed by atoms with Crippen molar-refractivity contribution in [3.63, 3.8) is 0 Å². The average molecular weight is 762 g/mol. The van der Waals surface area contributed by atoms with Crippen molar-refractivity contribution < 1.29 is 42.8 Å². The van der Waals surface area contributed by atoms with Crippen LogP contribution in [0.1, 0.15) is 42.1 Å². The number of nitrogens with two attached hydrogens (primary N) is 1. The van der Waals surface area contributed by atoms with Gasteiger partial charge in [0, 0.05) is 49.9 Å². The molecule has 18 nitrogen and oxygen atoms in total. The molecule has 0 aliphatic carbocycles. The van der Waals surface area contributed by atoms with Gasteiger partial charge >= 0.3 is 12.5 Å². The third-order valence-corrected chi connectivity index (χ3v) is 12.5. The number of H-pyrrole nitrogens is 1. The van der Waals surface area contributed by atoms with Crippen LogP contribution in [0, 0.1) is 0 Å². The number of nitrogens with zero attached hydrogens (tertiary/aromatic N) is 4. The molecule has 20 heteroatoms. The molecule has 0 bridgehead atoms. The number of nitrogen functional groups attached to an aromatic ring is 1. The van der Waals surface area contributed by atoms with Crippen LogP contribution in [0.2, 0.25) is 0 Å². The van der Waals surface area contributed by atoms with Gasteiger partial charge < -0.3 is 35.5 Å². The summed E-state index contributed by atoms with van der Waals surface area (Å²) in [4.78, 5) is 47.5. The number of anilines is 1. The number of rotatable bonds is 16. The summed E-state index contributed by atoms with van der Waals surface area (Å²) < 4.78 is 47.0. The highest BCUT2D eigenvalue weighted by Crippen LogP contribution is 2.63. The van der Waals surface area contributed by atoms with E-state index in [0.29, 0.717) is 41.8 Å². The molecule has 1 amide bonds. The zero-order valence-electron chi connectivity index (χ0n) is 28.1. The molecule has 3 aromatic heterocycles. The Morgan fingerprint density at radius 1 is 1.12 bits per heavy atom. The first-order chi connectivity index (χ1) is 25.1. The molecule has 52 heavy (non-hydrogen) atoms. The monoisotopic (exact) mass is 761 g/mol. The van der Waals surface area contributed by atoms with E-state index in [1.54, 1.807) is 41.1 Å². The maximum absolute atomic E-state index is 14.5. The van der Waals surface area contributed by atoms with Crippen LogP contribution in [0.25, 0.3) is 11.2 Å².